The Morgan fingerprint density at radius 3 is 2.40 bits per heavy atom. The summed E-state index contributed by atoms with van der Waals surface area (Å²) >= 11 is 0. The third-order valence-electron chi connectivity index (χ3n) is 2.05. The maximum Gasteiger partial charge on any atom is 0.167 e. The number of carbonyl (C=O) groups is 1. The molecule has 0 spiro atoms. The Morgan fingerprint density at radius 2 is 2.00 bits per heavy atom. The van der Waals surface area contributed by atoms with Gasteiger partial charge in [0.25, 0.3) is 0 Å². The van der Waals surface area contributed by atoms with Gasteiger partial charge >= 0.3 is 0 Å². The van der Waals surface area contributed by atoms with Crippen LogP contribution < -0.4 is 15.6 Å². The number of hydrazine groups is 1. The summed E-state index contributed by atoms with van der Waals surface area (Å²) in [5.41, 5.74) is 1.15. The Bertz CT molecular complexity index is 357. The van der Waals surface area contributed by atoms with E-state index in [0.29, 0.717) is 12.0 Å². The number of aldehydes is 1. The summed E-state index contributed by atoms with van der Waals surface area (Å²) in [4.78, 5) is 10.7. The molecule has 0 saturated heterocycles. The highest BCUT2D eigenvalue weighted by Gasteiger charge is 2.05. The summed E-state index contributed by atoms with van der Waals surface area (Å²) in [6.45, 7) is 1.76. The summed E-state index contributed by atoms with van der Waals surface area (Å²) < 4.78 is 5.02. The lowest BCUT2D eigenvalue weighted by molar-refractivity contribution is -0.105. The maximum absolute atomic E-state index is 10.7. The molecule has 0 radical (unpaired) electrons. The second-order valence-electron chi connectivity index (χ2n) is 2.90. The summed E-state index contributed by atoms with van der Waals surface area (Å²) in [6, 6.07) is 7.14. The molecule has 1 rings (SSSR count). The van der Waals surface area contributed by atoms with Gasteiger partial charge < -0.3 is 4.74 Å². The average molecular weight is 206 g/mol. The van der Waals surface area contributed by atoms with E-state index in [1.165, 1.54) is 5.01 Å². The standard InChI is InChI=1S/C11H14N2O2/c1-3-9(8-14)13(12)10-4-6-11(15-2)7-5-10/h3-8H,12H2,1-2H3/b9-3-. The minimum atomic E-state index is 0.417. The Morgan fingerprint density at radius 1 is 1.40 bits per heavy atom. The smallest absolute Gasteiger partial charge is 0.167 e. The van der Waals surface area contributed by atoms with Crippen molar-refractivity contribution in [3.63, 3.8) is 0 Å². The largest absolute Gasteiger partial charge is 0.497 e. The van der Waals surface area contributed by atoms with Gasteiger partial charge in [0.1, 0.15) is 5.75 Å². The molecule has 0 aliphatic carbocycles. The highest BCUT2D eigenvalue weighted by molar-refractivity contribution is 5.79. The van der Waals surface area contributed by atoms with Gasteiger partial charge in [0.2, 0.25) is 0 Å². The van der Waals surface area contributed by atoms with Crippen molar-refractivity contribution in [2.75, 3.05) is 12.1 Å². The highest BCUT2D eigenvalue weighted by Crippen LogP contribution is 2.19. The van der Waals surface area contributed by atoms with Crippen LogP contribution in [0.15, 0.2) is 36.0 Å². The lowest BCUT2D eigenvalue weighted by Gasteiger charge is -2.18. The predicted octanol–water partition coefficient (Wildman–Crippen LogP) is 1.48. The van der Waals surface area contributed by atoms with E-state index in [9.17, 15) is 4.79 Å². The van der Waals surface area contributed by atoms with Gasteiger partial charge in [-0.1, -0.05) is 6.08 Å². The molecule has 0 saturated carbocycles. The van der Waals surface area contributed by atoms with Crippen LogP contribution in [-0.2, 0) is 4.79 Å². The fourth-order valence-electron chi connectivity index (χ4n) is 1.16. The molecular formula is C11H14N2O2. The van der Waals surface area contributed by atoms with Crippen molar-refractivity contribution < 1.29 is 9.53 Å². The van der Waals surface area contributed by atoms with Crippen molar-refractivity contribution in [3.8, 4) is 5.75 Å². The van der Waals surface area contributed by atoms with Crippen LogP contribution in [0.25, 0.3) is 0 Å². The van der Waals surface area contributed by atoms with E-state index in [4.69, 9.17) is 10.6 Å². The van der Waals surface area contributed by atoms with Crippen LogP contribution in [0.2, 0.25) is 0 Å². The molecule has 0 aromatic heterocycles. The van der Waals surface area contributed by atoms with Crippen LogP contribution >= 0.6 is 0 Å². The zero-order valence-electron chi connectivity index (χ0n) is 8.81. The molecule has 0 unspecified atom stereocenters. The van der Waals surface area contributed by atoms with Gasteiger partial charge in [-0.15, -0.1) is 0 Å². The first kappa shape index (κ1) is 11.3. The minimum Gasteiger partial charge on any atom is -0.497 e. The van der Waals surface area contributed by atoms with Crippen LogP contribution in [-0.4, -0.2) is 13.4 Å². The Kier molecular flexibility index (Phi) is 3.88. The van der Waals surface area contributed by atoms with Gasteiger partial charge in [-0.05, 0) is 31.2 Å². The number of nitrogens with zero attached hydrogens (tertiary/aromatic N) is 1. The number of ether oxygens (including phenoxy) is 1. The van der Waals surface area contributed by atoms with Crippen molar-refractivity contribution >= 4 is 12.0 Å². The number of nitrogens with two attached hydrogens (primary N) is 1. The van der Waals surface area contributed by atoms with Gasteiger partial charge in [0.15, 0.2) is 6.29 Å². The summed E-state index contributed by atoms with van der Waals surface area (Å²) in [5.74, 6) is 6.50. The normalized spacial score (nSPS) is 11.0. The van der Waals surface area contributed by atoms with E-state index in [1.807, 2.05) is 0 Å². The Hall–Kier alpha value is -1.81. The number of carbonyl (C=O) groups excluding carboxylic acids is 1. The SMILES string of the molecule is C/C=C(/C=O)N(N)c1ccc(OC)cc1. The summed E-state index contributed by atoms with van der Waals surface area (Å²) in [5, 5.41) is 1.33. The van der Waals surface area contributed by atoms with Crippen molar-refractivity contribution in [1.82, 2.24) is 0 Å². The van der Waals surface area contributed by atoms with Gasteiger partial charge in [-0.3, -0.25) is 9.80 Å². The first-order valence-electron chi connectivity index (χ1n) is 4.53. The number of benzene rings is 1. The monoisotopic (exact) mass is 206 g/mol. The number of hydrogen-bond acceptors (Lipinski definition) is 4. The van der Waals surface area contributed by atoms with E-state index in [2.05, 4.69) is 0 Å². The molecule has 0 bridgehead atoms. The first-order valence-corrected chi connectivity index (χ1v) is 4.53. The molecule has 0 aliphatic heterocycles. The van der Waals surface area contributed by atoms with E-state index in [-0.39, 0.29) is 0 Å². The predicted molar refractivity (Wildman–Crippen MR) is 59.5 cm³/mol. The van der Waals surface area contributed by atoms with Crippen molar-refractivity contribution in [3.05, 3.63) is 36.0 Å². The van der Waals surface area contributed by atoms with Crippen LogP contribution in [0, 0.1) is 0 Å². The molecule has 0 fully saturated rings. The molecule has 15 heavy (non-hydrogen) atoms. The zero-order valence-corrected chi connectivity index (χ0v) is 8.81. The summed E-state index contributed by atoms with van der Waals surface area (Å²) in [6.07, 6.45) is 2.36. The number of anilines is 1. The van der Waals surface area contributed by atoms with Crippen molar-refractivity contribution in [1.29, 1.82) is 0 Å². The van der Waals surface area contributed by atoms with Gasteiger partial charge in [0.05, 0.1) is 18.5 Å². The third kappa shape index (κ3) is 2.57. The molecule has 2 N–H and O–H groups in total. The molecule has 0 aliphatic rings. The topological polar surface area (TPSA) is 55.6 Å². The molecule has 0 amide bonds. The van der Waals surface area contributed by atoms with Crippen molar-refractivity contribution in [2.45, 2.75) is 6.92 Å². The lowest BCUT2D eigenvalue weighted by atomic mass is 10.3. The zero-order chi connectivity index (χ0) is 11.3. The van der Waals surface area contributed by atoms with Crippen LogP contribution in [0.1, 0.15) is 6.92 Å². The maximum atomic E-state index is 10.7. The molecule has 80 valence electrons. The van der Waals surface area contributed by atoms with Gasteiger partial charge in [0, 0.05) is 0 Å². The third-order valence-corrected chi connectivity index (χ3v) is 2.05. The molecule has 4 nitrogen and oxygen atoms in total. The van der Waals surface area contributed by atoms with Gasteiger partial charge in [-0.25, -0.2) is 5.84 Å². The fraction of sp³-hybridized carbons (Fsp3) is 0.182. The molecular weight excluding hydrogens is 192 g/mol. The highest BCUT2D eigenvalue weighted by atomic mass is 16.5. The molecule has 1 aromatic carbocycles. The Labute approximate surface area is 88.9 Å². The van der Waals surface area contributed by atoms with Crippen molar-refractivity contribution in [2.24, 2.45) is 5.84 Å². The first-order chi connectivity index (χ1) is 7.22. The van der Waals surface area contributed by atoms with E-state index < -0.39 is 0 Å². The lowest BCUT2D eigenvalue weighted by Crippen LogP contribution is -2.30. The number of hydrogen-bond donors (Lipinski definition) is 1. The second-order valence-corrected chi connectivity index (χ2v) is 2.90. The van der Waals surface area contributed by atoms with E-state index in [1.54, 1.807) is 44.4 Å². The average Bonchev–Trinajstić information content (AvgIpc) is 2.30. The van der Waals surface area contributed by atoms with Crippen LogP contribution in [0.3, 0.4) is 0 Å². The van der Waals surface area contributed by atoms with E-state index in [0.717, 1.165) is 11.4 Å². The molecule has 0 atom stereocenters. The molecule has 0 heterocycles. The Balaban J connectivity index is 2.91. The minimum absolute atomic E-state index is 0.417. The number of rotatable bonds is 4. The fourth-order valence-corrected chi connectivity index (χ4v) is 1.16. The number of methoxy groups -OCH3 is 1. The number of allylic oxidation sites excluding steroid dienone is 2. The van der Waals surface area contributed by atoms with Crippen LogP contribution in [0.4, 0.5) is 5.69 Å². The van der Waals surface area contributed by atoms with Gasteiger partial charge in [-0.2, -0.15) is 0 Å². The molecule has 4 heteroatoms. The van der Waals surface area contributed by atoms with Crippen LogP contribution in [0.5, 0.6) is 5.75 Å². The second kappa shape index (κ2) is 5.17. The van der Waals surface area contributed by atoms with E-state index >= 15 is 0 Å². The summed E-state index contributed by atoms with van der Waals surface area (Å²) in [7, 11) is 1.60. The quantitative estimate of drug-likeness (QED) is 0.351. The molecule has 1 aromatic rings.